The summed E-state index contributed by atoms with van der Waals surface area (Å²) in [5.74, 6) is -0.752. The fourth-order valence-corrected chi connectivity index (χ4v) is 1.21. The first-order chi connectivity index (χ1) is 7.38. The van der Waals surface area contributed by atoms with Crippen LogP contribution in [0.5, 0.6) is 5.75 Å². The van der Waals surface area contributed by atoms with E-state index < -0.39 is 11.6 Å². The first kappa shape index (κ1) is 12.2. The van der Waals surface area contributed by atoms with Gasteiger partial charge in [0.1, 0.15) is 5.75 Å². The van der Waals surface area contributed by atoms with E-state index in [1.807, 2.05) is 0 Å². The third kappa shape index (κ3) is 2.39. The number of hydrogen-bond donors (Lipinski definition) is 1. The highest BCUT2D eigenvalue weighted by atomic mass is 16.5. The van der Waals surface area contributed by atoms with Crippen LogP contribution in [0, 0.1) is 6.92 Å². The Hall–Kier alpha value is -1.84. The molecule has 4 nitrogen and oxygen atoms in total. The van der Waals surface area contributed by atoms with Gasteiger partial charge in [0, 0.05) is 0 Å². The summed E-state index contributed by atoms with van der Waals surface area (Å²) in [5.41, 5.74) is -0.266. The number of ether oxygens (including phenoxy) is 1. The van der Waals surface area contributed by atoms with Gasteiger partial charge in [0.05, 0.1) is 5.56 Å². The third-order valence-corrected chi connectivity index (χ3v) is 2.24. The third-order valence-electron chi connectivity index (χ3n) is 2.24. The normalized spacial score (nSPS) is 10.9. The molecule has 0 aliphatic heterocycles. The molecule has 0 fully saturated rings. The maximum Gasteiger partial charge on any atom is 0.347 e. The number of aryl methyl sites for hydroxylation is 1. The Balaban J connectivity index is 3.14. The number of benzene rings is 1. The predicted octanol–water partition coefficient (Wildman–Crippen LogP) is 2.05. The van der Waals surface area contributed by atoms with Gasteiger partial charge in [0.15, 0.2) is 11.9 Å². The maximum atomic E-state index is 10.9. The Labute approximate surface area is 93.9 Å². The molecule has 0 heterocycles. The molecule has 0 aliphatic rings. The molecule has 0 unspecified atom stereocenters. The van der Waals surface area contributed by atoms with Crippen LogP contribution in [0.25, 0.3) is 0 Å². The highest BCUT2D eigenvalue weighted by molar-refractivity contribution is 5.81. The van der Waals surface area contributed by atoms with Crippen molar-refractivity contribution < 1.29 is 19.4 Å². The Bertz CT molecular complexity index is 421. The summed E-state index contributed by atoms with van der Waals surface area (Å²) < 4.78 is 5.39. The Morgan fingerprint density at radius 2 is 2.06 bits per heavy atom. The van der Waals surface area contributed by atoms with Crippen LogP contribution in [0.1, 0.15) is 29.8 Å². The van der Waals surface area contributed by atoms with Crippen molar-refractivity contribution in [1.29, 1.82) is 0 Å². The number of rotatable bonds is 4. The molecule has 1 N–H and O–H groups in total. The van der Waals surface area contributed by atoms with E-state index in [0.29, 0.717) is 17.6 Å². The molecular formula is C12H14O4. The molecular weight excluding hydrogens is 208 g/mol. The van der Waals surface area contributed by atoms with E-state index in [0.717, 1.165) is 5.56 Å². The van der Waals surface area contributed by atoms with Crippen LogP contribution in [0.15, 0.2) is 18.2 Å². The Morgan fingerprint density at radius 3 is 2.56 bits per heavy atom. The molecule has 0 spiro atoms. The highest BCUT2D eigenvalue weighted by Crippen LogP contribution is 2.26. The molecule has 0 atom stereocenters. The van der Waals surface area contributed by atoms with E-state index in [1.165, 1.54) is 13.8 Å². The number of carboxylic acid groups (broad SMARTS) is 1. The lowest BCUT2D eigenvalue weighted by Crippen LogP contribution is -2.38. The van der Waals surface area contributed by atoms with Gasteiger partial charge in [-0.15, -0.1) is 0 Å². The number of carbonyl (C=O) groups excluding carboxylic acids is 1. The zero-order valence-corrected chi connectivity index (χ0v) is 9.48. The van der Waals surface area contributed by atoms with Crippen molar-refractivity contribution in [2.24, 2.45) is 0 Å². The van der Waals surface area contributed by atoms with E-state index in [9.17, 15) is 9.59 Å². The zero-order chi connectivity index (χ0) is 12.3. The Morgan fingerprint density at radius 1 is 1.44 bits per heavy atom. The molecule has 1 aromatic carbocycles. The zero-order valence-electron chi connectivity index (χ0n) is 9.48. The van der Waals surface area contributed by atoms with Crippen LogP contribution >= 0.6 is 0 Å². The topological polar surface area (TPSA) is 63.6 Å². The van der Waals surface area contributed by atoms with Gasteiger partial charge in [-0.1, -0.05) is 12.1 Å². The van der Waals surface area contributed by atoms with Crippen LogP contribution in [0.2, 0.25) is 0 Å². The average Bonchev–Trinajstić information content (AvgIpc) is 2.20. The minimum atomic E-state index is -1.36. The molecule has 0 aromatic heterocycles. The van der Waals surface area contributed by atoms with E-state index in [-0.39, 0.29) is 0 Å². The van der Waals surface area contributed by atoms with Gasteiger partial charge in [-0.05, 0) is 32.4 Å². The monoisotopic (exact) mass is 222 g/mol. The SMILES string of the molecule is Cc1cccc(C=O)c1OC(C)(C)C(=O)O. The first-order valence-corrected chi connectivity index (χ1v) is 4.85. The number of carboxylic acids is 1. The van der Waals surface area contributed by atoms with Crippen LogP contribution < -0.4 is 4.74 Å². The molecule has 0 amide bonds. The number of aliphatic carboxylic acids is 1. The van der Waals surface area contributed by atoms with Crippen LogP contribution in [-0.2, 0) is 4.79 Å². The second kappa shape index (κ2) is 4.35. The Kier molecular flexibility index (Phi) is 3.32. The van der Waals surface area contributed by atoms with Crippen molar-refractivity contribution in [3.05, 3.63) is 29.3 Å². The van der Waals surface area contributed by atoms with Crippen molar-refractivity contribution in [3.8, 4) is 5.75 Å². The number of hydrogen-bond acceptors (Lipinski definition) is 3. The molecule has 4 heteroatoms. The van der Waals surface area contributed by atoms with Gasteiger partial charge < -0.3 is 9.84 Å². The lowest BCUT2D eigenvalue weighted by Gasteiger charge is -2.23. The first-order valence-electron chi connectivity index (χ1n) is 4.85. The molecule has 0 radical (unpaired) electrons. The van der Waals surface area contributed by atoms with E-state index in [2.05, 4.69) is 0 Å². The average molecular weight is 222 g/mol. The molecule has 0 saturated carbocycles. The number of aldehydes is 1. The van der Waals surface area contributed by atoms with E-state index >= 15 is 0 Å². The molecule has 0 saturated heterocycles. The van der Waals surface area contributed by atoms with Crippen molar-refractivity contribution in [2.45, 2.75) is 26.4 Å². The van der Waals surface area contributed by atoms with Crippen molar-refractivity contribution in [3.63, 3.8) is 0 Å². The molecule has 1 aromatic rings. The lowest BCUT2D eigenvalue weighted by atomic mass is 10.1. The van der Waals surface area contributed by atoms with Crippen LogP contribution in [0.3, 0.4) is 0 Å². The number of carbonyl (C=O) groups is 2. The summed E-state index contributed by atoms with van der Waals surface area (Å²) >= 11 is 0. The quantitative estimate of drug-likeness (QED) is 0.792. The minimum Gasteiger partial charge on any atom is -0.478 e. The lowest BCUT2D eigenvalue weighted by molar-refractivity contribution is -0.152. The van der Waals surface area contributed by atoms with Crippen molar-refractivity contribution >= 4 is 12.3 Å². The van der Waals surface area contributed by atoms with Crippen molar-refractivity contribution in [1.82, 2.24) is 0 Å². The minimum absolute atomic E-state index is 0.324. The summed E-state index contributed by atoms with van der Waals surface area (Å²) in [4.78, 5) is 21.7. The molecule has 86 valence electrons. The summed E-state index contributed by atoms with van der Waals surface area (Å²) in [6.07, 6.45) is 0.653. The standard InChI is InChI=1S/C12H14O4/c1-8-5-4-6-9(7-13)10(8)16-12(2,3)11(14)15/h4-7H,1-3H3,(H,14,15). The summed E-state index contributed by atoms with van der Waals surface area (Å²) in [5, 5.41) is 8.94. The van der Waals surface area contributed by atoms with Gasteiger partial charge in [0.2, 0.25) is 0 Å². The van der Waals surface area contributed by atoms with Gasteiger partial charge in [-0.25, -0.2) is 4.79 Å². The molecule has 0 aliphatic carbocycles. The maximum absolute atomic E-state index is 10.9. The molecule has 0 bridgehead atoms. The summed E-state index contributed by atoms with van der Waals surface area (Å²) in [7, 11) is 0. The van der Waals surface area contributed by atoms with Gasteiger partial charge in [0.25, 0.3) is 0 Å². The van der Waals surface area contributed by atoms with Gasteiger partial charge in [-0.3, -0.25) is 4.79 Å². The largest absolute Gasteiger partial charge is 0.478 e. The summed E-state index contributed by atoms with van der Waals surface area (Å²) in [6.45, 7) is 4.65. The van der Waals surface area contributed by atoms with Gasteiger partial charge >= 0.3 is 5.97 Å². The second-order valence-electron chi connectivity index (χ2n) is 4.03. The van der Waals surface area contributed by atoms with E-state index in [4.69, 9.17) is 9.84 Å². The highest BCUT2D eigenvalue weighted by Gasteiger charge is 2.30. The van der Waals surface area contributed by atoms with Gasteiger partial charge in [-0.2, -0.15) is 0 Å². The fraction of sp³-hybridized carbons (Fsp3) is 0.333. The van der Waals surface area contributed by atoms with Crippen molar-refractivity contribution in [2.75, 3.05) is 0 Å². The van der Waals surface area contributed by atoms with E-state index in [1.54, 1.807) is 25.1 Å². The smallest absolute Gasteiger partial charge is 0.347 e. The summed E-state index contributed by atoms with van der Waals surface area (Å²) in [6, 6.07) is 5.08. The molecule has 16 heavy (non-hydrogen) atoms. The van der Waals surface area contributed by atoms with Crippen LogP contribution in [-0.4, -0.2) is 23.0 Å². The molecule has 1 rings (SSSR count). The predicted molar refractivity (Wildman–Crippen MR) is 58.9 cm³/mol. The number of para-hydroxylation sites is 1. The fourth-order valence-electron chi connectivity index (χ4n) is 1.21. The van der Waals surface area contributed by atoms with Crippen LogP contribution in [0.4, 0.5) is 0 Å². The second-order valence-corrected chi connectivity index (χ2v) is 4.03.